The summed E-state index contributed by atoms with van der Waals surface area (Å²) in [5, 5.41) is 1.05. The summed E-state index contributed by atoms with van der Waals surface area (Å²) in [5.74, 6) is 0.819. The molecule has 0 aliphatic rings. The van der Waals surface area contributed by atoms with Crippen molar-refractivity contribution < 1.29 is 0 Å². The van der Waals surface area contributed by atoms with Crippen LogP contribution in [0.3, 0.4) is 0 Å². The maximum absolute atomic E-state index is 2.55. The maximum atomic E-state index is 2.55. The first-order valence-electron chi connectivity index (χ1n) is 5.92. The number of hydrogen-bond acceptors (Lipinski definition) is 0. The van der Waals surface area contributed by atoms with Crippen molar-refractivity contribution in [3.63, 3.8) is 0 Å². The minimum atomic E-state index is -1.20. The largest absolute Gasteiger partial charge is 0.0686 e. The highest BCUT2D eigenvalue weighted by molar-refractivity contribution is 6.82. The third-order valence-corrected chi connectivity index (χ3v) is 11.8. The van der Waals surface area contributed by atoms with Crippen molar-refractivity contribution in [3.05, 3.63) is 0 Å². The van der Waals surface area contributed by atoms with Crippen molar-refractivity contribution in [2.75, 3.05) is 0 Å². The Hall–Kier alpha value is 0.217. The predicted molar refractivity (Wildman–Crippen MR) is 70.7 cm³/mol. The van der Waals surface area contributed by atoms with Crippen molar-refractivity contribution in [2.45, 2.75) is 78.1 Å². The van der Waals surface area contributed by atoms with E-state index in [9.17, 15) is 0 Å². The molecule has 0 N–H and O–H groups in total. The van der Waals surface area contributed by atoms with Gasteiger partial charge in [-0.15, -0.1) is 0 Å². The fourth-order valence-electron chi connectivity index (χ4n) is 2.29. The van der Waals surface area contributed by atoms with Crippen LogP contribution >= 0.6 is 0 Å². The van der Waals surface area contributed by atoms with E-state index in [-0.39, 0.29) is 0 Å². The standard InChI is InChI=1S/C13H30Si/c1-11(2)10-13(6,7)14(8,9)12(3,4)5/h11H,10H2,1-9H3. The summed E-state index contributed by atoms with van der Waals surface area (Å²) in [5.41, 5.74) is 0. The number of rotatable bonds is 3. The molecule has 0 fully saturated rings. The molecule has 0 nitrogen and oxygen atoms in total. The Kier molecular flexibility index (Phi) is 4.06. The van der Waals surface area contributed by atoms with Crippen molar-refractivity contribution >= 4 is 8.07 Å². The monoisotopic (exact) mass is 214 g/mol. The first-order chi connectivity index (χ1) is 5.92. The molecule has 0 amide bonds. The molecule has 0 radical (unpaired) electrons. The van der Waals surface area contributed by atoms with Gasteiger partial charge in [0.25, 0.3) is 0 Å². The van der Waals surface area contributed by atoms with E-state index < -0.39 is 8.07 Å². The Balaban J connectivity index is 4.88. The molecule has 0 spiro atoms. The van der Waals surface area contributed by atoms with Crippen molar-refractivity contribution in [1.29, 1.82) is 0 Å². The van der Waals surface area contributed by atoms with Crippen LogP contribution in [0.1, 0.15) is 54.9 Å². The lowest BCUT2D eigenvalue weighted by Gasteiger charge is -2.50. The van der Waals surface area contributed by atoms with Gasteiger partial charge in [-0.3, -0.25) is 0 Å². The second-order valence-corrected chi connectivity index (χ2v) is 13.5. The van der Waals surface area contributed by atoms with Gasteiger partial charge in [0.05, 0.1) is 8.07 Å². The lowest BCUT2D eigenvalue weighted by atomic mass is 10.00. The summed E-state index contributed by atoms with van der Waals surface area (Å²) in [6.45, 7) is 22.0. The smallest absolute Gasteiger partial charge is 0.0584 e. The Labute approximate surface area is 92.5 Å². The van der Waals surface area contributed by atoms with Gasteiger partial charge >= 0.3 is 0 Å². The van der Waals surface area contributed by atoms with Crippen LogP contribution in [0.15, 0.2) is 0 Å². The normalized spacial score (nSPS) is 15.0. The van der Waals surface area contributed by atoms with Crippen LogP contribution in [0.25, 0.3) is 0 Å². The highest BCUT2D eigenvalue weighted by atomic mass is 28.3. The van der Waals surface area contributed by atoms with E-state index in [1.807, 2.05) is 0 Å². The molecule has 0 bridgehead atoms. The molecule has 0 heterocycles. The van der Waals surface area contributed by atoms with Crippen molar-refractivity contribution in [1.82, 2.24) is 0 Å². The second kappa shape index (κ2) is 4.00. The average molecular weight is 214 g/mol. The van der Waals surface area contributed by atoms with E-state index in [0.29, 0.717) is 10.1 Å². The maximum Gasteiger partial charge on any atom is 0.0584 e. The van der Waals surface area contributed by atoms with E-state index in [4.69, 9.17) is 0 Å². The average Bonchev–Trinajstić information content (AvgIpc) is 1.80. The molecular weight excluding hydrogens is 184 g/mol. The van der Waals surface area contributed by atoms with Crippen molar-refractivity contribution in [2.24, 2.45) is 5.92 Å². The molecule has 0 saturated carbocycles. The van der Waals surface area contributed by atoms with Gasteiger partial charge < -0.3 is 0 Å². The van der Waals surface area contributed by atoms with E-state index >= 15 is 0 Å². The van der Waals surface area contributed by atoms with E-state index in [2.05, 4.69) is 61.6 Å². The van der Waals surface area contributed by atoms with Gasteiger partial charge in [0.15, 0.2) is 0 Å². The lowest BCUT2D eigenvalue weighted by molar-refractivity contribution is 0.453. The van der Waals surface area contributed by atoms with Gasteiger partial charge in [-0.2, -0.15) is 0 Å². The minimum Gasteiger partial charge on any atom is -0.0686 e. The quantitative estimate of drug-likeness (QED) is 0.558. The number of hydrogen-bond donors (Lipinski definition) is 0. The molecule has 0 aromatic carbocycles. The molecule has 0 rings (SSSR count). The third-order valence-electron chi connectivity index (χ3n) is 4.49. The predicted octanol–water partition coefficient (Wildman–Crippen LogP) is 5.32. The summed E-state index contributed by atoms with van der Waals surface area (Å²) in [6.07, 6.45) is 1.36. The van der Waals surface area contributed by atoms with Gasteiger partial charge in [0.2, 0.25) is 0 Å². The molecule has 0 aliphatic carbocycles. The van der Waals surface area contributed by atoms with Crippen LogP contribution in [0.5, 0.6) is 0 Å². The molecule has 14 heavy (non-hydrogen) atoms. The van der Waals surface area contributed by atoms with Crippen LogP contribution in [0.4, 0.5) is 0 Å². The molecule has 1 heteroatoms. The summed E-state index contributed by atoms with van der Waals surface area (Å²) < 4.78 is 0. The van der Waals surface area contributed by atoms with Crippen LogP contribution in [-0.4, -0.2) is 8.07 Å². The minimum absolute atomic E-state index is 0.505. The van der Waals surface area contributed by atoms with Gasteiger partial charge in [-0.1, -0.05) is 61.6 Å². The zero-order valence-electron chi connectivity index (χ0n) is 11.8. The summed E-state index contributed by atoms with van der Waals surface area (Å²) in [4.78, 5) is 0. The molecule has 0 atom stereocenters. The third kappa shape index (κ3) is 2.85. The highest BCUT2D eigenvalue weighted by Crippen LogP contribution is 2.53. The molecule has 0 aromatic rings. The Bertz CT molecular complexity index is 182. The molecule has 0 saturated heterocycles. The Morgan fingerprint density at radius 2 is 1.29 bits per heavy atom. The highest BCUT2D eigenvalue weighted by Gasteiger charge is 2.46. The first kappa shape index (κ1) is 14.2. The van der Waals surface area contributed by atoms with Crippen LogP contribution < -0.4 is 0 Å². The SMILES string of the molecule is CC(C)CC(C)(C)[Si](C)(C)C(C)(C)C. The van der Waals surface area contributed by atoms with Gasteiger partial charge in [-0.05, 0) is 22.4 Å². The van der Waals surface area contributed by atoms with E-state index in [1.54, 1.807) is 0 Å². The van der Waals surface area contributed by atoms with Gasteiger partial charge in [0.1, 0.15) is 0 Å². The Morgan fingerprint density at radius 3 is 1.50 bits per heavy atom. The molecule has 86 valence electrons. The van der Waals surface area contributed by atoms with Crippen LogP contribution in [-0.2, 0) is 0 Å². The van der Waals surface area contributed by atoms with E-state index in [1.165, 1.54) is 6.42 Å². The zero-order chi connectivity index (χ0) is 11.8. The van der Waals surface area contributed by atoms with Crippen LogP contribution in [0.2, 0.25) is 23.2 Å². The molecule has 0 unspecified atom stereocenters. The molecule has 0 aliphatic heterocycles. The topological polar surface area (TPSA) is 0 Å². The summed E-state index contributed by atoms with van der Waals surface area (Å²) in [7, 11) is -1.20. The van der Waals surface area contributed by atoms with Crippen LogP contribution in [0, 0.1) is 5.92 Å². The molecular formula is C13H30Si. The summed E-state index contributed by atoms with van der Waals surface area (Å²) >= 11 is 0. The lowest BCUT2D eigenvalue weighted by Crippen LogP contribution is -2.47. The van der Waals surface area contributed by atoms with Gasteiger partial charge in [-0.25, -0.2) is 0 Å². The second-order valence-electron chi connectivity index (χ2n) is 7.36. The molecule has 0 aromatic heterocycles. The Morgan fingerprint density at radius 1 is 0.929 bits per heavy atom. The zero-order valence-corrected chi connectivity index (χ0v) is 12.8. The fourth-order valence-corrected chi connectivity index (χ4v) is 5.24. The van der Waals surface area contributed by atoms with Gasteiger partial charge in [0, 0.05) is 0 Å². The summed E-state index contributed by atoms with van der Waals surface area (Å²) in [6, 6.07) is 0. The van der Waals surface area contributed by atoms with Crippen molar-refractivity contribution in [3.8, 4) is 0 Å². The first-order valence-corrected chi connectivity index (χ1v) is 8.92. The fraction of sp³-hybridized carbons (Fsp3) is 1.00. The van der Waals surface area contributed by atoms with E-state index in [0.717, 1.165) is 5.92 Å².